The van der Waals surface area contributed by atoms with E-state index in [0.29, 0.717) is 19.8 Å². The molecule has 2 N–H and O–H groups in total. The van der Waals surface area contributed by atoms with Gasteiger partial charge in [0.25, 0.3) is 0 Å². The molecule has 5 nitrogen and oxygen atoms in total. The van der Waals surface area contributed by atoms with Gasteiger partial charge in [0.2, 0.25) is 5.91 Å². The first kappa shape index (κ1) is 12.4. The SMILES string of the molecule is O=C(NCc1ccc2c(c1)CCO2)C1(CO)COC1. The first-order valence-corrected chi connectivity index (χ1v) is 6.45. The van der Waals surface area contributed by atoms with Crippen molar-refractivity contribution in [3.8, 4) is 5.75 Å². The third kappa shape index (κ3) is 2.19. The molecule has 1 aromatic carbocycles. The standard InChI is InChI=1S/C14H17NO4/c16-7-14(8-18-9-14)13(17)15-6-10-1-2-12-11(5-10)3-4-19-12/h1-2,5,16H,3-4,6-9H2,(H,15,17). The summed E-state index contributed by atoms with van der Waals surface area (Å²) in [5.41, 5.74) is 1.50. The predicted molar refractivity (Wildman–Crippen MR) is 67.8 cm³/mol. The second-order valence-corrected chi connectivity index (χ2v) is 5.15. The number of benzene rings is 1. The average Bonchev–Trinajstić information content (AvgIpc) is 2.83. The van der Waals surface area contributed by atoms with E-state index >= 15 is 0 Å². The van der Waals surface area contributed by atoms with Gasteiger partial charge in [0.15, 0.2) is 0 Å². The number of nitrogens with one attached hydrogen (secondary N) is 1. The second-order valence-electron chi connectivity index (χ2n) is 5.15. The summed E-state index contributed by atoms with van der Waals surface area (Å²) in [7, 11) is 0. The number of hydrogen-bond donors (Lipinski definition) is 2. The second kappa shape index (κ2) is 4.83. The van der Waals surface area contributed by atoms with E-state index in [0.717, 1.165) is 24.3 Å². The Morgan fingerprint density at radius 3 is 2.95 bits per heavy atom. The maximum Gasteiger partial charge on any atom is 0.233 e. The lowest BCUT2D eigenvalue weighted by molar-refractivity contribution is -0.170. The molecule has 0 atom stereocenters. The molecule has 0 radical (unpaired) electrons. The van der Waals surface area contributed by atoms with Crippen LogP contribution >= 0.6 is 0 Å². The minimum Gasteiger partial charge on any atom is -0.493 e. The third-order valence-electron chi connectivity index (χ3n) is 3.75. The van der Waals surface area contributed by atoms with Crippen LogP contribution in [0.25, 0.3) is 0 Å². The van der Waals surface area contributed by atoms with Crippen LogP contribution in [0.2, 0.25) is 0 Å². The van der Waals surface area contributed by atoms with E-state index in [9.17, 15) is 9.90 Å². The Morgan fingerprint density at radius 2 is 2.26 bits per heavy atom. The minimum atomic E-state index is -0.736. The Morgan fingerprint density at radius 1 is 1.42 bits per heavy atom. The van der Waals surface area contributed by atoms with Crippen LogP contribution in [-0.2, 0) is 22.5 Å². The van der Waals surface area contributed by atoms with Crippen LogP contribution in [0.4, 0.5) is 0 Å². The Balaban J connectivity index is 1.62. The fraction of sp³-hybridized carbons (Fsp3) is 0.500. The number of carbonyl (C=O) groups excluding carboxylic acids is 1. The monoisotopic (exact) mass is 263 g/mol. The van der Waals surface area contributed by atoms with Gasteiger partial charge in [0.1, 0.15) is 11.2 Å². The van der Waals surface area contributed by atoms with Crippen LogP contribution in [0.3, 0.4) is 0 Å². The van der Waals surface area contributed by atoms with Gasteiger partial charge < -0.3 is 19.9 Å². The first-order chi connectivity index (χ1) is 9.23. The number of amides is 1. The molecule has 19 heavy (non-hydrogen) atoms. The maximum absolute atomic E-state index is 12.0. The lowest BCUT2D eigenvalue weighted by atomic mass is 9.86. The summed E-state index contributed by atoms with van der Waals surface area (Å²) >= 11 is 0. The van der Waals surface area contributed by atoms with Crippen molar-refractivity contribution in [2.75, 3.05) is 26.4 Å². The molecule has 0 aromatic heterocycles. The van der Waals surface area contributed by atoms with Gasteiger partial charge in [-0.05, 0) is 17.2 Å². The third-order valence-corrected chi connectivity index (χ3v) is 3.75. The van der Waals surface area contributed by atoms with Crippen LogP contribution in [0.1, 0.15) is 11.1 Å². The molecule has 3 rings (SSSR count). The molecular weight excluding hydrogens is 246 g/mol. The molecular formula is C14H17NO4. The van der Waals surface area contributed by atoms with Crippen molar-refractivity contribution in [3.63, 3.8) is 0 Å². The molecule has 102 valence electrons. The molecule has 0 aliphatic carbocycles. The fourth-order valence-corrected chi connectivity index (χ4v) is 2.36. The number of aliphatic hydroxyl groups excluding tert-OH is 1. The van der Waals surface area contributed by atoms with Crippen LogP contribution in [-0.4, -0.2) is 37.4 Å². The summed E-state index contributed by atoms with van der Waals surface area (Å²) in [6.07, 6.45) is 0.922. The maximum atomic E-state index is 12.0. The molecule has 2 aliphatic heterocycles. The van der Waals surface area contributed by atoms with Crippen molar-refractivity contribution >= 4 is 5.91 Å². The normalized spacial score (nSPS) is 19.2. The van der Waals surface area contributed by atoms with Gasteiger partial charge in [0, 0.05) is 13.0 Å². The summed E-state index contributed by atoms with van der Waals surface area (Å²) in [5.74, 6) is 0.798. The van der Waals surface area contributed by atoms with Gasteiger partial charge in [-0.1, -0.05) is 12.1 Å². The summed E-state index contributed by atoms with van der Waals surface area (Å²) in [5, 5.41) is 12.1. The Labute approximate surface area is 111 Å². The van der Waals surface area contributed by atoms with Crippen molar-refractivity contribution in [3.05, 3.63) is 29.3 Å². The molecule has 0 spiro atoms. The molecule has 0 saturated carbocycles. The molecule has 2 aliphatic rings. The van der Waals surface area contributed by atoms with E-state index in [2.05, 4.69) is 11.4 Å². The molecule has 1 saturated heterocycles. The first-order valence-electron chi connectivity index (χ1n) is 6.45. The molecule has 0 bridgehead atoms. The van der Waals surface area contributed by atoms with Crippen LogP contribution < -0.4 is 10.1 Å². The number of ether oxygens (including phenoxy) is 2. The zero-order valence-corrected chi connectivity index (χ0v) is 10.6. The van der Waals surface area contributed by atoms with Gasteiger partial charge in [-0.25, -0.2) is 0 Å². The van der Waals surface area contributed by atoms with Gasteiger partial charge >= 0.3 is 0 Å². The smallest absolute Gasteiger partial charge is 0.233 e. The van der Waals surface area contributed by atoms with Gasteiger partial charge in [-0.2, -0.15) is 0 Å². The highest BCUT2D eigenvalue weighted by Gasteiger charge is 2.45. The zero-order chi connectivity index (χ0) is 13.3. The van der Waals surface area contributed by atoms with Crippen molar-refractivity contribution in [2.24, 2.45) is 5.41 Å². The Kier molecular flexibility index (Phi) is 3.16. The van der Waals surface area contributed by atoms with E-state index in [1.54, 1.807) is 0 Å². The van der Waals surface area contributed by atoms with E-state index in [4.69, 9.17) is 9.47 Å². The summed E-state index contributed by atoms with van der Waals surface area (Å²) < 4.78 is 10.5. The summed E-state index contributed by atoms with van der Waals surface area (Å²) in [6.45, 7) is 1.63. The van der Waals surface area contributed by atoms with Crippen LogP contribution in [0, 0.1) is 5.41 Å². The van der Waals surface area contributed by atoms with Gasteiger partial charge in [0.05, 0.1) is 26.4 Å². The molecule has 1 aromatic rings. The molecule has 5 heteroatoms. The number of aliphatic hydroxyl groups is 1. The Bertz CT molecular complexity index is 491. The Hall–Kier alpha value is -1.59. The highest BCUT2D eigenvalue weighted by Crippen LogP contribution is 2.28. The van der Waals surface area contributed by atoms with Crippen molar-refractivity contribution < 1.29 is 19.4 Å². The largest absolute Gasteiger partial charge is 0.493 e. The zero-order valence-electron chi connectivity index (χ0n) is 10.6. The lowest BCUT2D eigenvalue weighted by Gasteiger charge is -2.38. The van der Waals surface area contributed by atoms with E-state index < -0.39 is 5.41 Å². The molecule has 2 heterocycles. The summed E-state index contributed by atoms with van der Waals surface area (Å²) in [6, 6.07) is 5.96. The predicted octanol–water partition coefficient (Wildman–Crippen LogP) is 0.247. The molecule has 1 fully saturated rings. The number of hydrogen-bond acceptors (Lipinski definition) is 4. The van der Waals surface area contributed by atoms with Gasteiger partial charge in [-0.15, -0.1) is 0 Å². The highest BCUT2D eigenvalue weighted by atomic mass is 16.5. The number of fused-ring (bicyclic) bond motifs is 1. The molecule has 1 amide bonds. The van der Waals surface area contributed by atoms with E-state index in [1.807, 2.05) is 12.1 Å². The molecule has 0 unspecified atom stereocenters. The fourth-order valence-electron chi connectivity index (χ4n) is 2.36. The van der Waals surface area contributed by atoms with E-state index in [-0.39, 0.29) is 12.5 Å². The highest BCUT2D eigenvalue weighted by molar-refractivity contribution is 5.83. The summed E-state index contributed by atoms with van der Waals surface area (Å²) in [4.78, 5) is 12.0. The lowest BCUT2D eigenvalue weighted by Crippen LogP contribution is -2.56. The quantitative estimate of drug-likeness (QED) is 0.817. The minimum absolute atomic E-state index is 0.141. The van der Waals surface area contributed by atoms with Crippen molar-refractivity contribution in [2.45, 2.75) is 13.0 Å². The van der Waals surface area contributed by atoms with Crippen molar-refractivity contribution in [1.29, 1.82) is 0 Å². The number of rotatable bonds is 4. The topological polar surface area (TPSA) is 67.8 Å². The van der Waals surface area contributed by atoms with Crippen LogP contribution in [0.15, 0.2) is 18.2 Å². The number of carbonyl (C=O) groups is 1. The van der Waals surface area contributed by atoms with Crippen molar-refractivity contribution in [1.82, 2.24) is 5.32 Å². The average molecular weight is 263 g/mol. The van der Waals surface area contributed by atoms with Gasteiger partial charge in [-0.3, -0.25) is 4.79 Å². The van der Waals surface area contributed by atoms with E-state index in [1.165, 1.54) is 5.56 Å². The van der Waals surface area contributed by atoms with Crippen LogP contribution in [0.5, 0.6) is 5.75 Å².